The summed E-state index contributed by atoms with van der Waals surface area (Å²) in [5.74, 6) is -0.889. The normalized spacial score (nSPS) is 14.5. The zero-order valence-electron chi connectivity index (χ0n) is 17.6. The Hall–Kier alpha value is -2.62. The molecule has 2 amide bonds. The van der Waals surface area contributed by atoms with Gasteiger partial charge in [0.1, 0.15) is 11.6 Å². The van der Waals surface area contributed by atoms with Gasteiger partial charge in [-0.25, -0.2) is 4.39 Å². The summed E-state index contributed by atoms with van der Waals surface area (Å²) in [5.41, 5.74) is 1.56. The molecule has 5 nitrogen and oxygen atoms in total. The van der Waals surface area contributed by atoms with Crippen molar-refractivity contribution in [3.8, 4) is 5.75 Å². The fourth-order valence-electron chi connectivity index (χ4n) is 3.08. The number of halogens is 4. The second kappa shape index (κ2) is 11.0. The predicted octanol–water partition coefficient (Wildman–Crippen LogP) is 7.21. The van der Waals surface area contributed by atoms with Crippen LogP contribution in [-0.2, 0) is 9.59 Å². The van der Waals surface area contributed by atoms with Gasteiger partial charge in [-0.1, -0.05) is 70.9 Å². The van der Waals surface area contributed by atoms with Gasteiger partial charge in [0.15, 0.2) is 10.9 Å². The van der Waals surface area contributed by atoms with Crippen LogP contribution in [0.3, 0.4) is 0 Å². The summed E-state index contributed by atoms with van der Waals surface area (Å²) in [6, 6.07) is 15.6. The lowest BCUT2D eigenvalue weighted by Crippen LogP contribution is -2.27. The maximum absolute atomic E-state index is 13.3. The van der Waals surface area contributed by atoms with E-state index in [-0.39, 0.29) is 17.5 Å². The summed E-state index contributed by atoms with van der Waals surface area (Å²) in [7, 11) is 0. The first-order valence-corrected chi connectivity index (χ1v) is 12.3. The van der Waals surface area contributed by atoms with Crippen molar-refractivity contribution < 1.29 is 18.7 Å². The van der Waals surface area contributed by atoms with Crippen molar-refractivity contribution in [3.05, 3.63) is 92.0 Å². The molecule has 0 bridgehead atoms. The SMILES string of the molecule is O=C(COc1cccc(/C=C2\SC(=S)N(c3ccc(Cl)c(Cl)c3)C2=O)c1)Nc1ccc(F)c(Cl)c1. The lowest BCUT2D eigenvalue weighted by molar-refractivity contribution is -0.118. The molecule has 1 aliphatic rings. The first-order chi connectivity index (χ1) is 16.7. The molecule has 1 saturated heterocycles. The molecule has 4 rings (SSSR count). The first-order valence-electron chi connectivity index (χ1n) is 9.92. The lowest BCUT2D eigenvalue weighted by atomic mass is 10.2. The zero-order valence-corrected chi connectivity index (χ0v) is 21.5. The third-order valence-corrected chi connectivity index (χ3v) is 7.02. The van der Waals surface area contributed by atoms with Crippen molar-refractivity contribution in [3.63, 3.8) is 0 Å². The van der Waals surface area contributed by atoms with Crippen LogP contribution in [0.25, 0.3) is 6.08 Å². The third kappa shape index (κ3) is 6.15. The Morgan fingerprint density at radius 1 is 1.06 bits per heavy atom. The number of benzene rings is 3. The van der Waals surface area contributed by atoms with Crippen LogP contribution in [0.2, 0.25) is 15.1 Å². The van der Waals surface area contributed by atoms with E-state index >= 15 is 0 Å². The topological polar surface area (TPSA) is 58.6 Å². The highest BCUT2D eigenvalue weighted by atomic mass is 35.5. The van der Waals surface area contributed by atoms with Gasteiger partial charge in [-0.05, 0) is 60.2 Å². The molecule has 1 aliphatic heterocycles. The Balaban J connectivity index is 1.43. The third-order valence-electron chi connectivity index (χ3n) is 4.68. The number of nitrogens with one attached hydrogen (secondary N) is 1. The number of hydrogen-bond donors (Lipinski definition) is 1. The quantitative estimate of drug-likeness (QED) is 0.252. The highest BCUT2D eigenvalue weighted by Crippen LogP contribution is 2.38. The molecule has 1 fully saturated rings. The van der Waals surface area contributed by atoms with E-state index in [0.717, 1.165) is 17.8 Å². The van der Waals surface area contributed by atoms with Crippen molar-refractivity contribution >= 4 is 92.4 Å². The van der Waals surface area contributed by atoms with Gasteiger partial charge in [0.25, 0.3) is 11.8 Å². The van der Waals surface area contributed by atoms with E-state index in [9.17, 15) is 14.0 Å². The van der Waals surface area contributed by atoms with E-state index in [1.807, 2.05) is 0 Å². The summed E-state index contributed by atoms with van der Waals surface area (Å²) >= 11 is 24.3. The smallest absolute Gasteiger partial charge is 0.270 e. The number of carbonyl (C=O) groups excluding carboxylic acids is 2. The average Bonchev–Trinajstić information content (AvgIpc) is 3.09. The number of amides is 2. The number of thiocarbonyl (C=S) groups is 1. The van der Waals surface area contributed by atoms with Gasteiger partial charge in [0, 0.05) is 5.69 Å². The van der Waals surface area contributed by atoms with Crippen LogP contribution in [-0.4, -0.2) is 22.7 Å². The number of hydrogen-bond acceptors (Lipinski definition) is 5. The zero-order chi connectivity index (χ0) is 25.1. The Labute approximate surface area is 224 Å². The largest absolute Gasteiger partial charge is 0.484 e. The van der Waals surface area contributed by atoms with E-state index in [1.165, 1.54) is 17.0 Å². The number of nitrogens with zero attached hydrogens (tertiary/aromatic N) is 1. The van der Waals surface area contributed by atoms with Crippen molar-refractivity contribution in [1.29, 1.82) is 0 Å². The van der Waals surface area contributed by atoms with Gasteiger partial charge in [0.05, 0.1) is 25.7 Å². The first kappa shape index (κ1) is 25.5. The summed E-state index contributed by atoms with van der Waals surface area (Å²) in [6.07, 6.45) is 1.68. The molecule has 1 N–H and O–H groups in total. The van der Waals surface area contributed by atoms with Crippen LogP contribution in [0.1, 0.15) is 5.56 Å². The van der Waals surface area contributed by atoms with Crippen LogP contribution < -0.4 is 15.0 Å². The molecule has 35 heavy (non-hydrogen) atoms. The monoisotopic (exact) mass is 566 g/mol. The van der Waals surface area contributed by atoms with Gasteiger partial charge < -0.3 is 10.1 Å². The van der Waals surface area contributed by atoms with Crippen LogP contribution in [0, 0.1) is 5.82 Å². The summed E-state index contributed by atoms with van der Waals surface area (Å²) in [6.45, 7) is -0.280. The van der Waals surface area contributed by atoms with Crippen LogP contribution in [0.5, 0.6) is 5.75 Å². The second-order valence-electron chi connectivity index (χ2n) is 7.15. The lowest BCUT2D eigenvalue weighted by Gasteiger charge is -2.15. The van der Waals surface area contributed by atoms with Crippen LogP contribution in [0.4, 0.5) is 15.8 Å². The maximum atomic E-state index is 13.3. The average molecular weight is 568 g/mol. The van der Waals surface area contributed by atoms with Crippen molar-refractivity contribution in [2.45, 2.75) is 0 Å². The standard InChI is InChI=1S/C24H14Cl3FN2O3S2/c25-17-6-5-15(11-18(17)26)30-23(32)21(35-24(30)34)9-13-2-1-3-16(8-13)33-12-22(31)29-14-4-7-20(28)19(27)10-14/h1-11H,12H2,(H,29,31)/b21-9-. The number of rotatable bonds is 6. The molecular formula is C24H14Cl3FN2O3S2. The van der Waals surface area contributed by atoms with Crippen LogP contribution >= 0.6 is 58.8 Å². The van der Waals surface area contributed by atoms with E-state index < -0.39 is 11.7 Å². The van der Waals surface area contributed by atoms with Crippen LogP contribution in [0.15, 0.2) is 65.6 Å². The van der Waals surface area contributed by atoms with Crippen molar-refractivity contribution in [2.75, 3.05) is 16.8 Å². The van der Waals surface area contributed by atoms with Crippen molar-refractivity contribution in [1.82, 2.24) is 0 Å². The van der Waals surface area contributed by atoms with Gasteiger partial charge in [-0.15, -0.1) is 0 Å². The molecule has 11 heteroatoms. The molecule has 178 valence electrons. The predicted molar refractivity (Wildman–Crippen MR) is 144 cm³/mol. The van der Waals surface area contributed by atoms with Gasteiger partial charge in [-0.3, -0.25) is 14.5 Å². The van der Waals surface area contributed by atoms with Gasteiger partial charge >= 0.3 is 0 Å². The Morgan fingerprint density at radius 2 is 1.86 bits per heavy atom. The molecule has 0 aliphatic carbocycles. The van der Waals surface area contributed by atoms with E-state index in [2.05, 4.69) is 5.32 Å². The molecule has 0 spiro atoms. The molecule has 0 atom stereocenters. The maximum Gasteiger partial charge on any atom is 0.270 e. The molecule has 0 aromatic heterocycles. The minimum atomic E-state index is -0.577. The fourth-order valence-corrected chi connectivity index (χ4v) is 4.85. The summed E-state index contributed by atoms with van der Waals surface area (Å²) in [4.78, 5) is 27.0. The molecule has 0 saturated carbocycles. The highest BCUT2D eigenvalue weighted by molar-refractivity contribution is 8.27. The molecule has 1 heterocycles. The summed E-state index contributed by atoms with van der Waals surface area (Å²) in [5, 5.41) is 3.18. The van der Waals surface area contributed by atoms with E-state index in [0.29, 0.717) is 42.0 Å². The van der Waals surface area contributed by atoms with Gasteiger partial charge in [0.2, 0.25) is 0 Å². The molecular weight excluding hydrogens is 554 g/mol. The summed E-state index contributed by atoms with van der Waals surface area (Å²) < 4.78 is 19.2. The molecule has 0 unspecified atom stereocenters. The van der Waals surface area contributed by atoms with E-state index in [1.54, 1.807) is 48.5 Å². The minimum absolute atomic E-state index is 0.0963. The number of carbonyl (C=O) groups is 2. The Morgan fingerprint density at radius 3 is 2.60 bits per heavy atom. The molecule has 3 aromatic carbocycles. The molecule has 0 radical (unpaired) electrons. The number of thioether (sulfide) groups is 1. The minimum Gasteiger partial charge on any atom is -0.484 e. The second-order valence-corrected chi connectivity index (χ2v) is 10.1. The fraction of sp³-hybridized carbons (Fsp3) is 0.0417. The highest BCUT2D eigenvalue weighted by Gasteiger charge is 2.33. The Bertz CT molecular complexity index is 1380. The Kier molecular flexibility index (Phi) is 7.98. The van der Waals surface area contributed by atoms with Crippen molar-refractivity contribution in [2.24, 2.45) is 0 Å². The van der Waals surface area contributed by atoms with Gasteiger partial charge in [-0.2, -0.15) is 0 Å². The van der Waals surface area contributed by atoms with E-state index in [4.69, 9.17) is 51.8 Å². The number of anilines is 2. The number of ether oxygens (including phenoxy) is 1. The molecule has 3 aromatic rings.